The van der Waals surface area contributed by atoms with Gasteiger partial charge < -0.3 is 4.43 Å². The summed E-state index contributed by atoms with van der Waals surface area (Å²) >= 11 is 0. The van der Waals surface area contributed by atoms with E-state index in [2.05, 4.69) is 38.2 Å². The van der Waals surface area contributed by atoms with Crippen LogP contribution in [-0.4, -0.2) is 14.3 Å². The third-order valence-electron chi connectivity index (χ3n) is 3.60. The number of hydrogen-bond acceptors (Lipinski definition) is 3. The van der Waals surface area contributed by atoms with E-state index >= 15 is 0 Å². The van der Waals surface area contributed by atoms with E-state index in [1.165, 1.54) is 25.7 Å². The van der Waals surface area contributed by atoms with Gasteiger partial charge in [0, 0.05) is 12.8 Å². The maximum absolute atomic E-state index is 11.8. The van der Waals surface area contributed by atoms with Crippen molar-refractivity contribution in [2.75, 3.05) is 0 Å². The number of carbonyl (C=O) groups excluding carboxylic acids is 1. The van der Waals surface area contributed by atoms with Crippen molar-refractivity contribution in [3.05, 3.63) is 12.2 Å². The van der Waals surface area contributed by atoms with E-state index < -0.39 is 8.32 Å². The van der Waals surface area contributed by atoms with Crippen LogP contribution in [0.4, 0.5) is 0 Å². The molecule has 4 heteroatoms. The molecule has 0 aliphatic carbocycles. The molecule has 0 heterocycles. The van der Waals surface area contributed by atoms with E-state index in [0.29, 0.717) is 12.8 Å². The van der Waals surface area contributed by atoms with Crippen LogP contribution >= 0.6 is 0 Å². The molecule has 0 N–H and O–H groups in total. The summed E-state index contributed by atoms with van der Waals surface area (Å²) in [5.41, 5.74) is 0. The fourth-order valence-electron chi connectivity index (χ4n) is 2.29. The third kappa shape index (κ3) is 13.9. The van der Waals surface area contributed by atoms with Crippen LogP contribution in [0.1, 0.15) is 71.1 Å². The molecule has 3 nitrogen and oxygen atoms in total. The Hall–Kier alpha value is -1.08. The minimum atomic E-state index is -1.92. The highest BCUT2D eigenvalue weighted by Gasteiger charge is 2.25. The Bertz CT molecular complexity index is 359. The molecular formula is C18H33NO2Si. The van der Waals surface area contributed by atoms with Gasteiger partial charge in [0.1, 0.15) is 0 Å². The van der Waals surface area contributed by atoms with Crippen molar-refractivity contribution < 1.29 is 9.22 Å². The molecule has 0 unspecified atom stereocenters. The summed E-state index contributed by atoms with van der Waals surface area (Å²) in [7, 11) is -1.92. The lowest BCUT2D eigenvalue weighted by molar-refractivity contribution is -0.135. The molecule has 0 rings (SSSR count). The van der Waals surface area contributed by atoms with Crippen LogP contribution in [0.3, 0.4) is 0 Å². The Balaban J connectivity index is 3.64. The number of hydrogen-bond donors (Lipinski definition) is 0. The molecule has 0 aromatic rings. The van der Waals surface area contributed by atoms with Crippen molar-refractivity contribution in [1.29, 1.82) is 5.26 Å². The zero-order valence-electron chi connectivity index (χ0n) is 14.7. The number of rotatable bonds is 13. The summed E-state index contributed by atoms with van der Waals surface area (Å²) in [5.74, 6) is -0.0648. The summed E-state index contributed by atoms with van der Waals surface area (Å²) < 4.78 is 5.62. The van der Waals surface area contributed by atoms with Crippen molar-refractivity contribution in [1.82, 2.24) is 0 Å². The fraction of sp³-hybridized carbons (Fsp3) is 0.778. The summed E-state index contributed by atoms with van der Waals surface area (Å²) in [5, 5.41) is 8.54. The van der Waals surface area contributed by atoms with E-state index in [0.717, 1.165) is 31.7 Å². The monoisotopic (exact) mass is 323 g/mol. The van der Waals surface area contributed by atoms with Crippen LogP contribution in [0.5, 0.6) is 0 Å². The molecule has 0 saturated carbocycles. The maximum Gasteiger partial charge on any atom is 0.292 e. The first-order chi connectivity index (χ1) is 10.5. The second-order valence-electron chi connectivity index (χ2n) is 6.46. The largest absolute Gasteiger partial charge is 0.520 e. The summed E-state index contributed by atoms with van der Waals surface area (Å²) in [6.45, 7) is 6.33. The highest BCUT2D eigenvalue weighted by Crippen LogP contribution is 2.16. The van der Waals surface area contributed by atoms with Crippen LogP contribution in [0.15, 0.2) is 12.2 Å². The van der Waals surface area contributed by atoms with Gasteiger partial charge in [-0.1, -0.05) is 38.3 Å². The van der Waals surface area contributed by atoms with Crippen LogP contribution in [-0.2, 0) is 9.22 Å². The smallest absolute Gasteiger partial charge is 0.292 e. The predicted molar refractivity (Wildman–Crippen MR) is 95.0 cm³/mol. The van der Waals surface area contributed by atoms with Gasteiger partial charge in [-0.05, 0) is 51.2 Å². The second-order valence-corrected chi connectivity index (χ2v) is 10.7. The molecule has 22 heavy (non-hydrogen) atoms. The van der Waals surface area contributed by atoms with Crippen molar-refractivity contribution in [3.63, 3.8) is 0 Å². The lowest BCUT2D eigenvalue weighted by Crippen LogP contribution is -2.33. The number of carbonyl (C=O) groups is 1. The minimum Gasteiger partial charge on any atom is -0.520 e. The van der Waals surface area contributed by atoms with E-state index in [1.54, 1.807) is 0 Å². The lowest BCUT2D eigenvalue weighted by Gasteiger charge is -2.22. The summed E-state index contributed by atoms with van der Waals surface area (Å²) in [4.78, 5) is 11.8. The molecule has 0 aromatic carbocycles. The van der Waals surface area contributed by atoms with Gasteiger partial charge in [0.05, 0.1) is 6.07 Å². The van der Waals surface area contributed by atoms with Crippen molar-refractivity contribution in [2.24, 2.45) is 0 Å². The Morgan fingerprint density at radius 3 is 2.41 bits per heavy atom. The molecule has 0 saturated heterocycles. The molecule has 0 aliphatic heterocycles. The van der Waals surface area contributed by atoms with E-state index in [9.17, 15) is 4.79 Å². The van der Waals surface area contributed by atoms with Crippen LogP contribution < -0.4 is 0 Å². The molecular weight excluding hydrogens is 290 g/mol. The highest BCUT2D eigenvalue weighted by molar-refractivity contribution is 6.72. The van der Waals surface area contributed by atoms with Gasteiger partial charge in [-0.3, -0.25) is 4.79 Å². The normalized spacial score (nSPS) is 11.5. The highest BCUT2D eigenvalue weighted by atomic mass is 28.4. The Labute approximate surface area is 137 Å². The molecule has 0 amide bonds. The van der Waals surface area contributed by atoms with Crippen molar-refractivity contribution in [2.45, 2.75) is 90.3 Å². The van der Waals surface area contributed by atoms with Crippen molar-refractivity contribution in [3.8, 4) is 6.07 Å². The molecule has 0 bridgehead atoms. The molecule has 0 radical (unpaired) electrons. The third-order valence-corrected chi connectivity index (χ3v) is 5.94. The summed E-state index contributed by atoms with van der Waals surface area (Å²) in [6.07, 6.45) is 14.5. The Kier molecular flexibility index (Phi) is 12.9. The van der Waals surface area contributed by atoms with Gasteiger partial charge in [0.25, 0.3) is 5.97 Å². The van der Waals surface area contributed by atoms with E-state index in [4.69, 9.17) is 9.69 Å². The number of nitrogens with zero attached hydrogens (tertiary/aromatic N) is 1. The minimum absolute atomic E-state index is 0.0648. The average Bonchev–Trinajstić information content (AvgIpc) is 2.45. The van der Waals surface area contributed by atoms with Gasteiger partial charge in [-0.25, -0.2) is 0 Å². The van der Waals surface area contributed by atoms with E-state index in [-0.39, 0.29) is 5.97 Å². The standard InChI is InChI=1S/C18H33NO2Si/c1-4-5-6-7-8-9-10-11-12-15-18(20)21-22(2,3)17-14-13-16-19/h9-10H,4-8,11-15,17H2,1-3H3/b10-9-. The Morgan fingerprint density at radius 2 is 1.77 bits per heavy atom. The number of nitriles is 1. The molecule has 0 aliphatic rings. The molecule has 0 spiro atoms. The molecule has 0 atom stereocenters. The molecule has 0 aromatic heterocycles. The second kappa shape index (κ2) is 13.6. The van der Waals surface area contributed by atoms with Gasteiger partial charge >= 0.3 is 0 Å². The van der Waals surface area contributed by atoms with Gasteiger partial charge in [0.15, 0.2) is 0 Å². The number of unbranched alkanes of at least 4 members (excludes halogenated alkanes) is 6. The fourth-order valence-corrected chi connectivity index (χ4v) is 4.14. The van der Waals surface area contributed by atoms with Gasteiger partial charge in [-0.15, -0.1) is 0 Å². The number of allylic oxidation sites excluding steroid dienone is 2. The Morgan fingerprint density at radius 1 is 1.09 bits per heavy atom. The lowest BCUT2D eigenvalue weighted by atomic mass is 10.1. The van der Waals surface area contributed by atoms with E-state index in [1.807, 2.05) is 0 Å². The zero-order chi connectivity index (χ0) is 16.7. The zero-order valence-corrected chi connectivity index (χ0v) is 15.7. The quantitative estimate of drug-likeness (QED) is 0.247. The van der Waals surface area contributed by atoms with Crippen LogP contribution in [0, 0.1) is 11.3 Å². The van der Waals surface area contributed by atoms with Gasteiger partial charge in [0.2, 0.25) is 8.32 Å². The van der Waals surface area contributed by atoms with Crippen molar-refractivity contribution >= 4 is 14.3 Å². The van der Waals surface area contributed by atoms with Gasteiger partial charge in [-0.2, -0.15) is 5.26 Å². The molecule has 0 fully saturated rings. The SMILES string of the molecule is CCCCCC/C=C\CCCC(=O)O[Si](C)(C)CCCC#N. The topological polar surface area (TPSA) is 50.1 Å². The first-order valence-electron chi connectivity index (χ1n) is 8.75. The first-order valence-corrected chi connectivity index (χ1v) is 11.9. The average molecular weight is 324 g/mol. The molecule has 126 valence electrons. The van der Waals surface area contributed by atoms with Crippen LogP contribution in [0.25, 0.3) is 0 Å². The summed E-state index contributed by atoms with van der Waals surface area (Å²) in [6, 6.07) is 3.02. The maximum atomic E-state index is 11.8. The predicted octanol–water partition coefficient (Wildman–Crippen LogP) is 5.74. The first kappa shape index (κ1) is 20.9. The van der Waals surface area contributed by atoms with Crippen LogP contribution in [0.2, 0.25) is 19.1 Å².